The molecule has 1 N–H and O–H groups in total. The van der Waals surface area contributed by atoms with Gasteiger partial charge in [-0.3, -0.25) is 9.78 Å². The number of carbonyl (C=O) groups excluding carboxylic acids is 1. The monoisotopic (exact) mass is 231 g/mol. The van der Waals surface area contributed by atoms with Crippen LogP contribution < -0.4 is 10.2 Å². The van der Waals surface area contributed by atoms with Gasteiger partial charge in [-0.1, -0.05) is 0 Å². The second-order valence-electron chi connectivity index (χ2n) is 4.93. The van der Waals surface area contributed by atoms with Crippen molar-refractivity contribution in [1.29, 1.82) is 0 Å². The van der Waals surface area contributed by atoms with Crippen LogP contribution in [0.4, 0.5) is 5.69 Å². The Balaban J connectivity index is 1.72. The van der Waals surface area contributed by atoms with Crippen molar-refractivity contribution >= 4 is 11.6 Å². The molecule has 4 nitrogen and oxygen atoms in total. The third-order valence-electron chi connectivity index (χ3n) is 3.43. The fourth-order valence-corrected chi connectivity index (χ4v) is 2.25. The number of pyridine rings is 1. The van der Waals surface area contributed by atoms with Gasteiger partial charge < -0.3 is 10.2 Å². The van der Waals surface area contributed by atoms with E-state index in [4.69, 9.17) is 0 Å². The van der Waals surface area contributed by atoms with Gasteiger partial charge >= 0.3 is 0 Å². The van der Waals surface area contributed by atoms with Gasteiger partial charge in [0.25, 0.3) is 0 Å². The summed E-state index contributed by atoms with van der Waals surface area (Å²) in [6, 6.07) is 4.52. The van der Waals surface area contributed by atoms with Gasteiger partial charge in [0.2, 0.25) is 5.91 Å². The molecule has 0 spiro atoms. The number of carbonyl (C=O) groups is 1. The number of hydrogen-bond donors (Lipinski definition) is 1. The molecule has 1 saturated carbocycles. The van der Waals surface area contributed by atoms with Crippen LogP contribution in [-0.2, 0) is 4.79 Å². The minimum absolute atomic E-state index is 0.0174. The molecule has 1 aromatic rings. The molecule has 1 unspecified atom stereocenters. The van der Waals surface area contributed by atoms with Crippen LogP contribution in [0.15, 0.2) is 18.3 Å². The molecule has 1 aliphatic heterocycles. The zero-order valence-electron chi connectivity index (χ0n) is 10.0. The van der Waals surface area contributed by atoms with Crippen LogP contribution >= 0.6 is 0 Å². The van der Waals surface area contributed by atoms with E-state index < -0.39 is 0 Å². The van der Waals surface area contributed by atoms with Crippen molar-refractivity contribution in [1.82, 2.24) is 10.3 Å². The number of rotatable bonds is 3. The molecule has 0 bridgehead atoms. The van der Waals surface area contributed by atoms with Gasteiger partial charge in [-0.2, -0.15) is 0 Å². The number of amides is 1. The van der Waals surface area contributed by atoms with Crippen LogP contribution in [0.5, 0.6) is 0 Å². The van der Waals surface area contributed by atoms with E-state index in [1.807, 2.05) is 24.0 Å². The average molecular weight is 231 g/mol. The van der Waals surface area contributed by atoms with Crippen molar-refractivity contribution in [2.24, 2.45) is 0 Å². The lowest BCUT2D eigenvalue weighted by Gasteiger charge is -2.16. The normalized spacial score (nSPS) is 24.4. The maximum Gasteiger partial charge on any atom is 0.244 e. The highest BCUT2D eigenvalue weighted by Crippen LogP contribution is 2.25. The molecule has 1 amide bonds. The average Bonchev–Trinajstić information content (AvgIpc) is 3.07. The second kappa shape index (κ2) is 4.11. The van der Waals surface area contributed by atoms with Crippen LogP contribution in [0.25, 0.3) is 0 Å². The number of hydrogen-bond acceptors (Lipinski definition) is 3. The summed E-state index contributed by atoms with van der Waals surface area (Å²) in [5.41, 5.74) is 1.90. The molecule has 2 aliphatic rings. The SMILES string of the molecule is Cc1ccc(N2CCC(NC3CC3)C2=O)cn1. The van der Waals surface area contributed by atoms with Crippen molar-refractivity contribution in [3.8, 4) is 0 Å². The molecule has 90 valence electrons. The first-order chi connectivity index (χ1) is 8.24. The van der Waals surface area contributed by atoms with Crippen molar-refractivity contribution in [3.05, 3.63) is 24.0 Å². The predicted octanol–water partition coefficient (Wildman–Crippen LogP) is 1.25. The predicted molar refractivity (Wildman–Crippen MR) is 65.9 cm³/mol. The quantitative estimate of drug-likeness (QED) is 0.851. The number of nitrogens with one attached hydrogen (secondary N) is 1. The van der Waals surface area contributed by atoms with Crippen molar-refractivity contribution in [3.63, 3.8) is 0 Å². The molecule has 0 aromatic carbocycles. The molecule has 0 radical (unpaired) electrons. The molecule has 2 fully saturated rings. The maximum absolute atomic E-state index is 12.2. The zero-order valence-corrected chi connectivity index (χ0v) is 10.0. The summed E-state index contributed by atoms with van der Waals surface area (Å²) < 4.78 is 0. The molecular weight excluding hydrogens is 214 g/mol. The Labute approximate surface area is 101 Å². The van der Waals surface area contributed by atoms with Crippen LogP contribution in [-0.4, -0.2) is 29.5 Å². The first-order valence-electron chi connectivity index (χ1n) is 6.24. The number of aromatic nitrogens is 1. The molecular formula is C13H17N3O. The second-order valence-corrected chi connectivity index (χ2v) is 4.93. The van der Waals surface area contributed by atoms with E-state index in [-0.39, 0.29) is 11.9 Å². The highest BCUT2D eigenvalue weighted by molar-refractivity contribution is 5.99. The smallest absolute Gasteiger partial charge is 0.244 e. The Bertz CT molecular complexity index is 425. The summed E-state index contributed by atoms with van der Waals surface area (Å²) in [6.45, 7) is 2.75. The summed E-state index contributed by atoms with van der Waals surface area (Å²) >= 11 is 0. The number of anilines is 1. The zero-order chi connectivity index (χ0) is 11.8. The highest BCUT2D eigenvalue weighted by Gasteiger charge is 2.36. The molecule has 1 saturated heterocycles. The number of nitrogens with zero attached hydrogens (tertiary/aromatic N) is 2. The molecule has 1 aromatic heterocycles. The van der Waals surface area contributed by atoms with Crippen LogP contribution in [0.1, 0.15) is 25.0 Å². The van der Waals surface area contributed by atoms with E-state index in [1.54, 1.807) is 6.20 Å². The topological polar surface area (TPSA) is 45.2 Å². The standard InChI is InChI=1S/C13H17N3O/c1-9-2-5-11(8-14-9)16-7-6-12(13(16)17)15-10-3-4-10/h2,5,8,10,12,15H,3-4,6-7H2,1H3. The lowest BCUT2D eigenvalue weighted by Crippen LogP contribution is -2.39. The van der Waals surface area contributed by atoms with E-state index in [9.17, 15) is 4.79 Å². The van der Waals surface area contributed by atoms with Gasteiger partial charge in [0.1, 0.15) is 0 Å². The van der Waals surface area contributed by atoms with Gasteiger partial charge in [0.15, 0.2) is 0 Å². The third kappa shape index (κ3) is 2.17. The van der Waals surface area contributed by atoms with Crippen LogP contribution in [0.2, 0.25) is 0 Å². The van der Waals surface area contributed by atoms with Crippen LogP contribution in [0, 0.1) is 6.92 Å². The minimum Gasteiger partial charge on any atom is -0.309 e. The Hall–Kier alpha value is -1.42. The Morgan fingerprint density at radius 3 is 2.82 bits per heavy atom. The molecule has 2 heterocycles. The lowest BCUT2D eigenvalue weighted by molar-refractivity contribution is -0.118. The Kier molecular flexibility index (Phi) is 2.59. The summed E-state index contributed by atoms with van der Waals surface area (Å²) in [6.07, 6.45) is 5.13. The fourth-order valence-electron chi connectivity index (χ4n) is 2.25. The first-order valence-corrected chi connectivity index (χ1v) is 6.24. The summed E-state index contributed by atoms with van der Waals surface area (Å²) in [7, 11) is 0. The molecule has 17 heavy (non-hydrogen) atoms. The van der Waals surface area contributed by atoms with E-state index in [2.05, 4.69) is 10.3 Å². The summed E-state index contributed by atoms with van der Waals surface area (Å²) in [5, 5.41) is 3.40. The minimum atomic E-state index is 0.0174. The van der Waals surface area contributed by atoms with Crippen LogP contribution in [0.3, 0.4) is 0 Å². The first kappa shape index (κ1) is 10.7. The molecule has 1 atom stereocenters. The molecule has 4 heteroatoms. The fraction of sp³-hybridized carbons (Fsp3) is 0.538. The molecule has 1 aliphatic carbocycles. The maximum atomic E-state index is 12.2. The van der Waals surface area contributed by atoms with E-state index in [0.29, 0.717) is 6.04 Å². The van der Waals surface area contributed by atoms with E-state index >= 15 is 0 Å². The van der Waals surface area contributed by atoms with Gasteiger partial charge in [-0.15, -0.1) is 0 Å². The lowest BCUT2D eigenvalue weighted by atomic mass is 10.2. The third-order valence-corrected chi connectivity index (χ3v) is 3.43. The highest BCUT2D eigenvalue weighted by atomic mass is 16.2. The summed E-state index contributed by atoms with van der Waals surface area (Å²) in [4.78, 5) is 18.3. The summed E-state index contributed by atoms with van der Waals surface area (Å²) in [5.74, 6) is 0.197. The Morgan fingerprint density at radius 1 is 1.35 bits per heavy atom. The number of aryl methyl sites for hydroxylation is 1. The molecule has 3 rings (SSSR count). The van der Waals surface area contributed by atoms with Crippen molar-refractivity contribution in [2.45, 2.75) is 38.3 Å². The Morgan fingerprint density at radius 2 is 2.18 bits per heavy atom. The van der Waals surface area contributed by atoms with Gasteiger partial charge in [-0.05, 0) is 38.3 Å². The van der Waals surface area contributed by atoms with E-state index in [0.717, 1.165) is 24.3 Å². The van der Waals surface area contributed by atoms with Crippen molar-refractivity contribution < 1.29 is 4.79 Å². The largest absolute Gasteiger partial charge is 0.309 e. The van der Waals surface area contributed by atoms with Gasteiger partial charge in [0.05, 0.1) is 17.9 Å². The van der Waals surface area contributed by atoms with Gasteiger partial charge in [-0.25, -0.2) is 0 Å². The van der Waals surface area contributed by atoms with Crippen molar-refractivity contribution in [2.75, 3.05) is 11.4 Å². The van der Waals surface area contributed by atoms with Gasteiger partial charge in [0, 0.05) is 18.3 Å². The van der Waals surface area contributed by atoms with E-state index in [1.165, 1.54) is 12.8 Å².